The molecule has 2 unspecified atom stereocenters. The normalized spacial score (nSPS) is 31.2. The Bertz CT molecular complexity index is 115. The molecule has 2 heteroatoms. The fourth-order valence-corrected chi connectivity index (χ4v) is 1.85. The number of rotatable bonds is 4. The summed E-state index contributed by atoms with van der Waals surface area (Å²) in [6, 6.07) is 0. The van der Waals surface area contributed by atoms with Crippen LogP contribution in [0.5, 0.6) is 0 Å². The van der Waals surface area contributed by atoms with E-state index in [0.717, 1.165) is 24.9 Å². The number of likely N-dealkylation sites (N-methyl/N-ethyl adjacent to an activating group) is 1. The topological polar surface area (TPSA) is 15.3 Å². The molecule has 1 aliphatic rings. The summed E-state index contributed by atoms with van der Waals surface area (Å²) >= 11 is 0. The van der Waals surface area contributed by atoms with Crippen molar-refractivity contribution >= 4 is 0 Å². The number of hydrogen-bond acceptors (Lipinski definition) is 2. The van der Waals surface area contributed by atoms with Crippen LogP contribution in [0, 0.1) is 11.8 Å². The van der Waals surface area contributed by atoms with Crippen LogP contribution in [0.15, 0.2) is 0 Å². The maximum atomic E-state index is 3.36. The molecule has 12 heavy (non-hydrogen) atoms. The molecule has 1 aliphatic heterocycles. The predicted octanol–water partition coefficient (Wildman–Crippen LogP) is 1.18. The highest BCUT2D eigenvalue weighted by Gasteiger charge is 2.24. The molecule has 2 atom stereocenters. The molecule has 1 saturated heterocycles. The average molecular weight is 170 g/mol. The van der Waals surface area contributed by atoms with Crippen LogP contribution in [0.1, 0.15) is 20.8 Å². The minimum atomic E-state index is 0.895. The second kappa shape index (κ2) is 4.83. The van der Waals surface area contributed by atoms with Gasteiger partial charge in [0.05, 0.1) is 0 Å². The van der Waals surface area contributed by atoms with E-state index in [1.165, 1.54) is 19.6 Å². The first-order valence-corrected chi connectivity index (χ1v) is 5.17. The van der Waals surface area contributed by atoms with Gasteiger partial charge in [0, 0.05) is 26.2 Å². The molecule has 0 spiro atoms. The summed E-state index contributed by atoms with van der Waals surface area (Å²) in [5.74, 6) is 1.79. The predicted molar refractivity (Wildman–Crippen MR) is 53.3 cm³/mol. The molecule has 1 N–H and O–H groups in total. The molecule has 0 radical (unpaired) electrons. The Morgan fingerprint density at radius 3 is 2.33 bits per heavy atom. The SMILES string of the molecule is CCNCCN1CC(C)C(C)C1. The Balaban J connectivity index is 2.10. The summed E-state index contributed by atoms with van der Waals surface area (Å²) in [7, 11) is 0. The summed E-state index contributed by atoms with van der Waals surface area (Å²) in [6.07, 6.45) is 0. The van der Waals surface area contributed by atoms with Gasteiger partial charge in [-0.2, -0.15) is 0 Å². The van der Waals surface area contributed by atoms with Crippen molar-refractivity contribution in [2.24, 2.45) is 11.8 Å². The zero-order valence-electron chi connectivity index (χ0n) is 8.64. The molecule has 0 amide bonds. The lowest BCUT2D eigenvalue weighted by Crippen LogP contribution is -2.30. The standard InChI is InChI=1S/C10H22N2/c1-4-11-5-6-12-7-9(2)10(3)8-12/h9-11H,4-8H2,1-3H3. The van der Waals surface area contributed by atoms with Crippen molar-refractivity contribution in [3.63, 3.8) is 0 Å². The van der Waals surface area contributed by atoms with Gasteiger partial charge in [-0.1, -0.05) is 20.8 Å². The van der Waals surface area contributed by atoms with E-state index in [9.17, 15) is 0 Å². The molecule has 0 aromatic carbocycles. The van der Waals surface area contributed by atoms with Crippen molar-refractivity contribution in [2.45, 2.75) is 20.8 Å². The van der Waals surface area contributed by atoms with Crippen LogP contribution in [0.25, 0.3) is 0 Å². The lowest BCUT2D eigenvalue weighted by atomic mass is 10.0. The van der Waals surface area contributed by atoms with E-state index < -0.39 is 0 Å². The van der Waals surface area contributed by atoms with E-state index in [2.05, 4.69) is 31.0 Å². The molecular weight excluding hydrogens is 148 g/mol. The van der Waals surface area contributed by atoms with Crippen molar-refractivity contribution in [3.8, 4) is 0 Å². The Morgan fingerprint density at radius 1 is 1.25 bits per heavy atom. The molecule has 0 aromatic rings. The van der Waals surface area contributed by atoms with Crippen LogP contribution in [-0.4, -0.2) is 37.6 Å². The highest BCUT2D eigenvalue weighted by Crippen LogP contribution is 2.21. The average Bonchev–Trinajstić information content (AvgIpc) is 2.32. The molecule has 2 nitrogen and oxygen atoms in total. The lowest BCUT2D eigenvalue weighted by molar-refractivity contribution is 0.323. The van der Waals surface area contributed by atoms with Crippen LogP contribution in [0.2, 0.25) is 0 Å². The number of nitrogens with zero attached hydrogens (tertiary/aromatic N) is 1. The zero-order chi connectivity index (χ0) is 8.97. The zero-order valence-corrected chi connectivity index (χ0v) is 8.64. The minimum absolute atomic E-state index is 0.895. The number of likely N-dealkylation sites (tertiary alicyclic amines) is 1. The Hall–Kier alpha value is -0.0800. The summed E-state index contributed by atoms with van der Waals surface area (Å²) in [5, 5.41) is 3.36. The highest BCUT2D eigenvalue weighted by molar-refractivity contribution is 4.78. The molecule has 1 rings (SSSR count). The van der Waals surface area contributed by atoms with Crippen molar-refractivity contribution in [1.82, 2.24) is 10.2 Å². The van der Waals surface area contributed by atoms with Gasteiger partial charge < -0.3 is 10.2 Å². The Kier molecular flexibility index (Phi) is 4.02. The maximum absolute atomic E-state index is 3.36. The van der Waals surface area contributed by atoms with Crippen LogP contribution in [0.4, 0.5) is 0 Å². The van der Waals surface area contributed by atoms with Gasteiger partial charge in [-0.3, -0.25) is 0 Å². The van der Waals surface area contributed by atoms with Gasteiger partial charge in [0.2, 0.25) is 0 Å². The van der Waals surface area contributed by atoms with Gasteiger partial charge in [-0.15, -0.1) is 0 Å². The van der Waals surface area contributed by atoms with Gasteiger partial charge in [0.15, 0.2) is 0 Å². The summed E-state index contributed by atoms with van der Waals surface area (Å²) in [6.45, 7) is 12.9. The van der Waals surface area contributed by atoms with E-state index in [0.29, 0.717) is 0 Å². The van der Waals surface area contributed by atoms with Crippen LogP contribution < -0.4 is 5.32 Å². The third kappa shape index (κ3) is 2.76. The van der Waals surface area contributed by atoms with Gasteiger partial charge in [-0.25, -0.2) is 0 Å². The van der Waals surface area contributed by atoms with E-state index >= 15 is 0 Å². The van der Waals surface area contributed by atoms with Crippen LogP contribution in [-0.2, 0) is 0 Å². The molecule has 1 fully saturated rings. The first kappa shape index (κ1) is 10.0. The molecule has 0 aromatic heterocycles. The van der Waals surface area contributed by atoms with Crippen molar-refractivity contribution in [3.05, 3.63) is 0 Å². The maximum Gasteiger partial charge on any atom is 0.0107 e. The highest BCUT2D eigenvalue weighted by atomic mass is 15.2. The van der Waals surface area contributed by atoms with E-state index in [1.54, 1.807) is 0 Å². The smallest absolute Gasteiger partial charge is 0.0107 e. The molecule has 0 aliphatic carbocycles. The third-order valence-corrected chi connectivity index (χ3v) is 2.92. The lowest BCUT2D eigenvalue weighted by Gasteiger charge is -2.14. The summed E-state index contributed by atoms with van der Waals surface area (Å²) < 4.78 is 0. The van der Waals surface area contributed by atoms with Gasteiger partial charge in [0.1, 0.15) is 0 Å². The quantitative estimate of drug-likeness (QED) is 0.637. The summed E-state index contributed by atoms with van der Waals surface area (Å²) in [5.41, 5.74) is 0. The second-order valence-corrected chi connectivity index (χ2v) is 4.07. The van der Waals surface area contributed by atoms with Crippen LogP contribution in [0.3, 0.4) is 0 Å². The minimum Gasteiger partial charge on any atom is -0.316 e. The first-order chi connectivity index (χ1) is 5.74. The molecule has 0 bridgehead atoms. The molecule has 1 heterocycles. The molecular formula is C10H22N2. The Labute approximate surface area is 76.3 Å². The fourth-order valence-electron chi connectivity index (χ4n) is 1.85. The fraction of sp³-hybridized carbons (Fsp3) is 1.00. The Morgan fingerprint density at radius 2 is 1.83 bits per heavy atom. The summed E-state index contributed by atoms with van der Waals surface area (Å²) in [4.78, 5) is 2.57. The van der Waals surface area contributed by atoms with Gasteiger partial charge in [0.25, 0.3) is 0 Å². The van der Waals surface area contributed by atoms with Crippen LogP contribution >= 0.6 is 0 Å². The molecule has 72 valence electrons. The van der Waals surface area contributed by atoms with Crippen molar-refractivity contribution in [1.29, 1.82) is 0 Å². The van der Waals surface area contributed by atoms with Crippen molar-refractivity contribution in [2.75, 3.05) is 32.7 Å². The molecule has 0 saturated carbocycles. The van der Waals surface area contributed by atoms with E-state index in [1.807, 2.05) is 0 Å². The van der Waals surface area contributed by atoms with Crippen molar-refractivity contribution < 1.29 is 0 Å². The van der Waals surface area contributed by atoms with E-state index in [4.69, 9.17) is 0 Å². The number of nitrogens with one attached hydrogen (secondary N) is 1. The van der Waals surface area contributed by atoms with Gasteiger partial charge in [-0.05, 0) is 18.4 Å². The second-order valence-electron chi connectivity index (χ2n) is 4.07. The number of hydrogen-bond donors (Lipinski definition) is 1. The first-order valence-electron chi connectivity index (χ1n) is 5.17. The monoisotopic (exact) mass is 170 g/mol. The van der Waals surface area contributed by atoms with E-state index in [-0.39, 0.29) is 0 Å². The third-order valence-electron chi connectivity index (χ3n) is 2.92. The largest absolute Gasteiger partial charge is 0.316 e. The van der Waals surface area contributed by atoms with Gasteiger partial charge >= 0.3 is 0 Å².